The van der Waals surface area contributed by atoms with Gasteiger partial charge in [-0.1, -0.05) is 55.6 Å². The normalized spacial score (nSPS) is 29.3. The Morgan fingerprint density at radius 1 is 1.00 bits per heavy atom. The molecule has 0 N–H and O–H groups in total. The summed E-state index contributed by atoms with van der Waals surface area (Å²) in [4.78, 5) is 55.0. The molecular formula is C26H23Br2ClN2O5. The van der Waals surface area contributed by atoms with Crippen LogP contribution in [0.25, 0.3) is 0 Å². The van der Waals surface area contributed by atoms with Crippen molar-refractivity contribution in [2.24, 2.45) is 23.7 Å². The van der Waals surface area contributed by atoms with Crippen molar-refractivity contribution in [2.45, 2.75) is 29.0 Å². The predicted molar refractivity (Wildman–Crippen MR) is 140 cm³/mol. The fourth-order valence-corrected chi connectivity index (χ4v) is 7.94. The van der Waals surface area contributed by atoms with E-state index in [2.05, 4.69) is 31.9 Å². The van der Waals surface area contributed by atoms with E-state index in [1.807, 2.05) is 0 Å². The zero-order valence-electron chi connectivity index (χ0n) is 19.4. The number of ether oxygens (including phenoxy) is 1. The van der Waals surface area contributed by atoms with Gasteiger partial charge in [0.25, 0.3) is 17.7 Å². The van der Waals surface area contributed by atoms with E-state index >= 15 is 0 Å². The number of hydrogen-bond donors (Lipinski definition) is 0. The summed E-state index contributed by atoms with van der Waals surface area (Å²) in [6.07, 6.45) is 0.755. The summed E-state index contributed by atoms with van der Waals surface area (Å²) in [7, 11) is 1.52. The fraction of sp³-hybridized carbons (Fsp3) is 0.385. The van der Waals surface area contributed by atoms with Crippen LogP contribution in [0.15, 0.2) is 48.5 Å². The number of halogens is 3. The van der Waals surface area contributed by atoms with Gasteiger partial charge >= 0.3 is 0 Å². The molecule has 0 radical (unpaired) electrons. The molecular weight excluding hydrogens is 616 g/mol. The second-order valence-corrected chi connectivity index (χ2v) is 11.9. The molecule has 3 aliphatic rings. The van der Waals surface area contributed by atoms with Crippen LogP contribution in [-0.2, 0) is 9.59 Å². The fourth-order valence-electron chi connectivity index (χ4n) is 5.85. The zero-order chi connectivity index (χ0) is 25.9. The molecule has 1 saturated heterocycles. The number of methoxy groups -OCH3 is 1. The molecule has 2 bridgehead atoms. The van der Waals surface area contributed by atoms with Crippen LogP contribution in [-0.4, -0.2) is 56.3 Å². The Kier molecular flexibility index (Phi) is 6.76. The number of imide groups is 1. The Morgan fingerprint density at radius 2 is 1.56 bits per heavy atom. The number of hydrogen-bond acceptors (Lipinski definition) is 5. The Labute approximate surface area is 230 Å². The summed E-state index contributed by atoms with van der Waals surface area (Å²) in [5.41, 5.74) is 0.423. The molecule has 2 aromatic rings. The third-order valence-corrected chi connectivity index (χ3v) is 11.1. The number of rotatable bonds is 6. The van der Waals surface area contributed by atoms with Crippen LogP contribution in [0.2, 0.25) is 5.02 Å². The lowest BCUT2D eigenvalue weighted by molar-refractivity contribution is -0.157. The largest absolute Gasteiger partial charge is 0.497 e. The minimum Gasteiger partial charge on any atom is -0.497 e. The van der Waals surface area contributed by atoms with Crippen LogP contribution in [0.3, 0.4) is 0 Å². The average molecular weight is 639 g/mol. The van der Waals surface area contributed by atoms with Crippen LogP contribution in [0.5, 0.6) is 5.75 Å². The van der Waals surface area contributed by atoms with Crippen molar-refractivity contribution in [3.8, 4) is 5.75 Å². The molecule has 188 valence electrons. The van der Waals surface area contributed by atoms with Gasteiger partial charge in [0.1, 0.15) is 11.8 Å². The van der Waals surface area contributed by atoms with E-state index in [1.54, 1.807) is 42.5 Å². The number of ketones is 1. The summed E-state index contributed by atoms with van der Waals surface area (Å²) in [6, 6.07) is 11.7. The number of amides is 3. The van der Waals surface area contributed by atoms with Crippen LogP contribution in [0.4, 0.5) is 0 Å². The van der Waals surface area contributed by atoms with Gasteiger partial charge in [-0.05, 0) is 61.6 Å². The Bertz CT molecular complexity index is 1220. The molecule has 2 aliphatic carbocycles. The number of hydrazine groups is 1. The van der Waals surface area contributed by atoms with E-state index in [4.69, 9.17) is 16.3 Å². The number of Topliss-reactive ketones (excluding diaryl/α,β-unsaturated/α-hetero) is 1. The first-order valence-corrected chi connectivity index (χ1v) is 13.8. The van der Waals surface area contributed by atoms with Crippen LogP contribution in [0.1, 0.15) is 34.1 Å². The first-order valence-electron chi connectivity index (χ1n) is 11.6. The first-order chi connectivity index (χ1) is 17.2. The first kappa shape index (κ1) is 25.4. The molecule has 0 aromatic heterocycles. The molecule has 5 rings (SSSR count). The monoisotopic (exact) mass is 636 g/mol. The molecule has 7 atom stereocenters. The van der Waals surface area contributed by atoms with E-state index in [9.17, 15) is 19.2 Å². The van der Waals surface area contributed by atoms with Gasteiger partial charge in [0.2, 0.25) is 0 Å². The van der Waals surface area contributed by atoms with Gasteiger partial charge in [0, 0.05) is 15.2 Å². The second kappa shape index (κ2) is 9.58. The maximum absolute atomic E-state index is 13.9. The molecule has 0 unspecified atom stereocenters. The third-order valence-electron chi connectivity index (χ3n) is 7.61. The van der Waals surface area contributed by atoms with Gasteiger partial charge < -0.3 is 4.74 Å². The predicted octanol–water partition coefficient (Wildman–Crippen LogP) is 4.76. The summed E-state index contributed by atoms with van der Waals surface area (Å²) in [5.74, 6) is -2.56. The smallest absolute Gasteiger partial charge is 0.275 e. The van der Waals surface area contributed by atoms with E-state index < -0.39 is 41.4 Å². The van der Waals surface area contributed by atoms with Gasteiger partial charge in [0.05, 0.1) is 29.5 Å². The Morgan fingerprint density at radius 3 is 2.08 bits per heavy atom. The van der Waals surface area contributed by atoms with Gasteiger partial charge in [-0.15, -0.1) is 0 Å². The molecule has 1 heterocycles. The summed E-state index contributed by atoms with van der Waals surface area (Å²) >= 11 is 13.7. The van der Waals surface area contributed by atoms with E-state index in [0.29, 0.717) is 11.3 Å². The third kappa shape index (κ3) is 3.82. The van der Waals surface area contributed by atoms with Gasteiger partial charge in [-0.25, -0.2) is 5.01 Å². The topological polar surface area (TPSA) is 84.0 Å². The molecule has 10 heteroatoms. The molecule has 3 fully saturated rings. The molecule has 1 aliphatic heterocycles. The molecule has 3 amide bonds. The minimum atomic E-state index is -1.15. The Hall–Kier alpha value is -2.23. The second-order valence-electron chi connectivity index (χ2n) is 9.39. The quantitative estimate of drug-likeness (QED) is 0.259. The van der Waals surface area contributed by atoms with Crippen molar-refractivity contribution >= 4 is 67.0 Å². The van der Waals surface area contributed by atoms with Gasteiger partial charge in [-0.3, -0.25) is 19.2 Å². The molecule has 0 spiro atoms. The van der Waals surface area contributed by atoms with Crippen molar-refractivity contribution in [1.29, 1.82) is 0 Å². The highest BCUT2D eigenvalue weighted by atomic mass is 79.9. The number of carbonyl (C=O) groups is 4. The highest BCUT2D eigenvalue weighted by Crippen LogP contribution is 2.60. The summed E-state index contributed by atoms with van der Waals surface area (Å²) < 4.78 is 5.17. The number of alkyl halides is 2. The van der Waals surface area contributed by atoms with E-state index in [0.717, 1.165) is 16.4 Å². The van der Waals surface area contributed by atoms with Crippen molar-refractivity contribution in [1.82, 2.24) is 10.0 Å². The molecule has 2 saturated carbocycles. The van der Waals surface area contributed by atoms with Crippen LogP contribution >= 0.6 is 43.5 Å². The van der Waals surface area contributed by atoms with E-state index in [-0.39, 0.29) is 32.1 Å². The highest BCUT2D eigenvalue weighted by molar-refractivity contribution is 9.12. The molecule has 36 heavy (non-hydrogen) atoms. The molecule has 7 nitrogen and oxygen atoms in total. The summed E-state index contributed by atoms with van der Waals surface area (Å²) in [5, 5.41) is 2.08. The standard InChI is InChI=1S/C26H23Br2ClN2O5/c1-12(23(32)13-7-9-14(36-2)10-8-13)30(24(33)15-5-3-4-6-18(15)29)31-25(34)19-16-11-17(20(19)26(31)35)22(28)21(16)27/h3-10,12,16-17,19-22H,11H2,1-2H3/t12-,16+,17+,19-,20+,21-,22+/m0/s1. The molecule has 2 aromatic carbocycles. The van der Waals surface area contributed by atoms with E-state index in [1.165, 1.54) is 20.1 Å². The Balaban J connectivity index is 1.55. The highest BCUT2D eigenvalue weighted by Gasteiger charge is 2.68. The minimum absolute atomic E-state index is 0.0318. The number of benzene rings is 2. The van der Waals surface area contributed by atoms with Crippen molar-refractivity contribution in [3.63, 3.8) is 0 Å². The van der Waals surface area contributed by atoms with Crippen LogP contribution < -0.4 is 4.74 Å². The SMILES string of the molecule is COc1ccc(C(=O)[C@H](C)N(C(=O)c2ccccc2Cl)N2C(=O)[C@@H]3[C@H]4C[C@@H]([C@H](Br)[C@@H]4Br)[C@@H]3C2=O)cc1. The summed E-state index contributed by atoms with van der Waals surface area (Å²) in [6.45, 7) is 1.52. The van der Waals surface area contributed by atoms with Gasteiger partial charge in [0.15, 0.2) is 5.78 Å². The lowest BCUT2D eigenvalue weighted by atomic mass is 9.81. The van der Waals surface area contributed by atoms with Crippen molar-refractivity contribution < 1.29 is 23.9 Å². The maximum Gasteiger partial charge on any atom is 0.275 e. The number of carbonyl (C=O) groups excluding carboxylic acids is 4. The van der Waals surface area contributed by atoms with Crippen molar-refractivity contribution in [2.75, 3.05) is 7.11 Å². The number of nitrogens with zero attached hydrogens (tertiary/aromatic N) is 2. The lowest BCUT2D eigenvalue weighted by Gasteiger charge is -2.35. The van der Waals surface area contributed by atoms with Crippen LogP contribution in [0, 0.1) is 23.7 Å². The zero-order valence-corrected chi connectivity index (χ0v) is 23.4. The van der Waals surface area contributed by atoms with Crippen molar-refractivity contribution in [3.05, 3.63) is 64.7 Å². The lowest BCUT2D eigenvalue weighted by Crippen LogP contribution is -2.57. The average Bonchev–Trinajstić information content (AvgIpc) is 3.49. The number of fused-ring (bicyclic) bond motifs is 5. The maximum atomic E-state index is 13.9. The van der Waals surface area contributed by atoms with Gasteiger partial charge in [-0.2, -0.15) is 5.01 Å².